The number of hydrogen-bond donors (Lipinski definition) is 2. The fourth-order valence-corrected chi connectivity index (χ4v) is 1.86. The van der Waals surface area contributed by atoms with Gasteiger partial charge in [0.1, 0.15) is 13.1 Å². The molecule has 0 aliphatic carbocycles. The van der Waals surface area contributed by atoms with Gasteiger partial charge in [-0.3, -0.25) is 19.7 Å². The molecule has 0 saturated carbocycles. The maximum absolute atomic E-state index is 11.9. The number of rotatable bonds is 2. The molecule has 0 radical (unpaired) electrons. The van der Waals surface area contributed by atoms with Gasteiger partial charge in [-0.15, -0.1) is 12.6 Å². The predicted octanol–water partition coefficient (Wildman–Crippen LogP) is 0.00280. The number of piperazine rings is 1. The monoisotopic (exact) mass is 264 g/mol. The Bertz CT molecular complexity index is 483. The van der Waals surface area contributed by atoms with E-state index in [1.165, 1.54) is 4.90 Å². The Morgan fingerprint density at radius 2 is 1.72 bits per heavy atom. The Labute approximate surface area is 110 Å². The molecule has 1 saturated heterocycles. The summed E-state index contributed by atoms with van der Waals surface area (Å²) in [5.41, 5.74) is 0.830. The lowest BCUT2D eigenvalue weighted by atomic mass is 10.1. The molecule has 1 aromatic rings. The maximum atomic E-state index is 11.9. The second-order valence-corrected chi connectivity index (χ2v) is 4.58. The lowest BCUT2D eigenvalue weighted by molar-refractivity contribution is -0.145. The van der Waals surface area contributed by atoms with Crippen molar-refractivity contribution in [3.8, 4) is 0 Å². The number of nitrogens with one attached hydrogen (secondary N) is 1. The summed E-state index contributed by atoms with van der Waals surface area (Å²) in [4.78, 5) is 36.3. The van der Waals surface area contributed by atoms with Gasteiger partial charge in [0.2, 0.25) is 17.7 Å². The standard InChI is InChI=1S/C12H12N2O3S/c15-10-6-14(7-11(16)13-10)12(17)5-8-1-3-9(18)4-2-8/h1-4,18H,5-7H2,(H,13,15,16). The van der Waals surface area contributed by atoms with Crippen molar-refractivity contribution in [3.05, 3.63) is 29.8 Å². The van der Waals surface area contributed by atoms with E-state index in [0.29, 0.717) is 0 Å². The van der Waals surface area contributed by atoms with Gasteiger partial charge in [-0.2, -0.15) is 0 Å². The fourth-order valence-electron chi connectivity index (χ4n) is 1.71. The molecule has 0 aromatic heterocycles. The van der Waals surface area contributed by atoms with Gasteiger partial charge < -0.3 is 4.90 Å². The minimum absolute atomic E-state index is 0.0603. The van der Waals surface area contributed by atoms with Gasteiger partial charge in [0.25, 0.3) is 0 Å². The smallest absolute Gasteiger partial charge is 0.246 e. The molecular weight excluding hydrogens is 252 g/mol. The van der Waals surface area contributed by atoms with E-state index in [-0.39, 0.29) is 25.4 Å². The number of imide groups is 1. The highest BCUT2D eigenvalue weighted by molar-refractivity contribution is 7.80. The number of thiol groups is 1. The zero-order valence-corrected chi connectivity index (χ0v) is 10.4. The molecule has 18 heavy (non-hydrogen) atoms. The lowest BCUT2D eigenvalue weighted by Crippen LogP contribution is -2.53. The molecule has 0 spiro atoms. The molecule has 2 rings (SSSR count). The van der Waals surface area contributed by atoms with E-state index < -0.39 is 11.8 Å². The fraction of sp³-hybridized carbons (Fsp3) is 0.250. The average Bonchev–Trinajstić information content (AvgIpc) is 2.31. The third kappa shape index (κ3) is 3.10. The highest BCUT2D eigenvalue weighted by Gasteiger charge is 2.25. The van der Waals surface area contributed by atoms with Crippen molar-refractivity contribution in [2.24, 2.45) is 0 Å². The van der Waals surface area contributed by atoms with Crippen LogP contribution in [0.3, 0.4) is 0 Å². The van der Waals surface area contributed by atoms with Crippen LogP contribution in [-0.4, -0.2) is 35.7 Å². The van der Waals surface area contributed by atoms with E-state index in [1.807, 2.05) is 0 Å². The van der Waals surface area contributed by atoms with Gasteiger partial charge in [-0.1, -0.05) is 12.1 Å². The summed E-state index contributed by atoms with van der Waals surface area (Å²) in [5.74, 6) is -1.11. The van der Waals surface area contributed by atoms with E-state index in [2.05, 4.69) is 17.9 Å². The number of benzene rings is 1. The highest BCUT2D eigenvalue weighted by Crippen LogP contribution is 2.09. The summed E-state index contributed by atoms with van der Waals surface area (Å²) in [6.45, 7) is -0.121. The van der Waals surface area contributed by atoms with Crippen LogP contribution in [0.25, 0.3) is 0 Å². The van der Waals surface area contributed by atoms with Crippen LogP contribution < -0.4 is 5.32 Å². The van der Waals surface area contributed by atoms with Crippen molar-refractivity contribution in [2.75, 3.05) is 13.1 Å². The van der Waals surface area contributed by atoms with Gasteiger partial charge in [-0.05, 0) is 17.7 Å². The lowest BCUT2D eigenvalue weighted by Gasteiger charge is -2.25. The van der Waals surface area contributed by atoms with Crippen LogP contribution in [-0.2, 0) is 20.8 Å². The van der Waals surface area contributed by atoms with Gasteiger partial charge in [0.15, 0.2) is 0 Å². The third-order valence-corrected chi connectivity index (χ3v) is 2.89. The first-order valence-corrected chi connectivity index (χ1v) is 5.87. The summed E-state index contributed by atoms with van der Waals surface area (Å²) >= 11 is 4.15. The number of amides is 3. The third-order valence-electron chi connectivity index (χ3n) is 2.59. The van der Waals surface area contributed by atoms with Crippen molar-refractivity contribution in [1.29, 1.82) is 0 Å². The minimum atomic E-state index is -0.440. The highest BCUT2D eigenvalue weighted by atomic mass is 32.1. The summed E-state index contributed by atoms with van der Waals surface area (Å²) in [7, 11) is 0. The number of hydrogen-bond acceptors (Lipinski definition) is 4. The Kier molecular flexibility index (Phi) is 3.66. The predicted molar refractivity (Wildman–Crippen MR) is 67.1 cm³/mol. The summed E-state index contributed by atoms with van der Waals surface area (Å²) in [6.07, 6.45) is 0.175. The second-order valence-electron chi connectivity index (χ2n) is 4.06. The molecule has 94 valence electrons. The van der Waals surface area contributed by atoms with Crippen LogP contribution in [0, 0.1) is 0 Å². The zero-order chi connectivity index (χ0) is 13.1. The molecule has 0 bridgehead atoms. The molecule has 0 atom stereocenters. The molecule has 1 aromatic carbocycles. The van der Waals surface area contributed by atoms with Crippen LogP contribution in [0.1, 0.15) is 5.56 Å². The molecule has 1 fully saturated rings. The minimum Gasteiger partial charge on any atom is -0.324 e. The largest absolute Gasteiger partial charge is 0.324 e. The van der Waals surface area contributed by atoms with Crippen molar-refractivity contribution in [1.82, 2.24) is 10.2 Å². The summed E-state index contributed by atoms with van der Waals surface area (Å²) in [5, 5.41) is 2.15. The summed E-state index contributed by atoms with van der Waals surface area (Å²) < 4.78 is 0. The maximum Gasteiger partial charge on any atom is 0.246 e. The molecule has 1 N–H and O–H groups in total. The topological polar surface area (TPSA) is 66.5 Å². The Hall–Kier alpha value is -1.82. The van der Waals surface area contributed by atoms with Crippen LogP contribution in [0.5, 0.6) is 0 Å². The van der Waals surface area contributed by atoms with Gasteiger partial charge in [0.05, 0.1) is 6.42 Å². The van der Waals surface area contributed by atoms with Gasteiger partial charge in [0, 0.05) is 4.90 Å². The van der Waals surface area contributed by atoms with E-state index in [4.69, 9.17) is 0 Å². The van der Waals surface area contributed by atoms with Gasteiger partial charge in [-0.25, -0.2) is 0 Å². The summed E-state index contributed by atoms with van der Waals surface area (Å²) in [6, 6.07) is 7.18. The second kappa shape index (κ2) is 5.22. The van der Waals surface area contributed by atoms with E-state index >= 15 is 0 Å². The Morgan fingerprint density at radius 3 is 2.28 bits per heavy atom. The number of carbonyl (C=O) groups is 3. The molecular formula is C12H12N2O3S. The SMILES string of the molecule is O=C1CN(C(=O)Cc2ccc(S)cc2)CC(=O)N1. The van der Waals surface area contributed by atoms with E-state index in [0.717, 1.165) is 10.5 Å². The van der Waals surface area contributed by atoms with Crippen LogP contribution >= 0.6 is 12.6 Å². The number of carbonyl (C=O) groups excluding carboxylic acids is 3. The molecule has 6 heteroatoms. The molecule has 3 amide bonds. The first kappa shape index (κ1) is 12.6. The Morgan fingerprint density at radius 1 is 1.17 bits per heavy atom. The van der Waals surface area contributed by atoms with Crippen molar-refractivity contribution in [3.63, 3.8) is 0 Å². The Balaban J connectivity index is 2.01. The first-order valence-electron chi connectivity index (χ1n) is 5.43. The zero-order valence-electron chi connectivity index (χ0n) is 9.55. The molecule has 1 aliphatic rings. The van der Waals surface area contributed by atoms with Crippen molar-refractivity contribution < 1.29 is 14.4 Å². The first-order chi connectivity index (χ1) is 8.54. The molecule has 5 nitrogen and oxygen atoms in total. The van der Waals surface area contributed by atoms with Crippen LogP contribution in [0.4, 0.5) is 0 Å². The number of nitrogens with zero attached hydrogens (tertiary/aromatic N) is 1. The van der Waals surface area contributed by atoms with Gasteiger partial charge >= 0.3 is 0 Å². The molecule has 1 aliphatic heterocycles. The molecule has 0 unspecified atom stereocenters. The normalized spacial score (nSPS) is 15.5. The quantitative estimate of drug-likeness (QED) is 0.584. The van der Waals surface area contributed by atoms with E-state index in [9.17, 15) is 14.4 Å². The van der Waals surface area contributed by atoms with Crippen molar-refractivity contribution >= 4 is 30.4 Å². The van der Waals surface area contributed by atoms with Crippen LogP contribution in [0.15, 0.2) is 29.2 Å². The average molecular weight is 264 g/mol. The van der Waals surface area contributed by atoms with E-state index in [1.54, 1.807) is 24.3 Å². The van der Waals surface area contributed by atoms with Crippen molar-refractivity contribution in [2.45, 2.75) is 11.3 Å². The molecule has 1 heterocycles. The van der Waals surface area contributed by atoms with Crippen LogP contribution in [0.2, 0.25) is 0 Å².